The second kappa shape index (κ2) is 8.48. The first-order chi connectivity index (χ1) is 13.3. The van der Waals surface area contributed by atoms with E-state index in [-0.39, 0.29) is 29.5 Å². The van der Waals surface area contributed by atoms with Crippen molar-refractivity contribution in [2.45, 2.75) is 20.8 Å². The summed E-state index contributed by atoms with van der Waals surface area (Å²) in [6, 6.07) is 12.2. The van der Waals surface area contributed by atoms with Gasteiger partial charge in [0.05, 0.1) is 5.39 Å². The van der Waals surface area contributed by atoms with Gasteiger partial charge in [-0.25, -0.2) is 0 Å². The molecule has 0 saturated carbocycles. The Bertz CT molecular complexity index is 1050. The molecule has 1 N–H and O–H groups in total. The number of hydrogen-bond donors (Lipinski definition) is 1. The highest BCUT2D eigenvalue weighted by Crippen LogP contribution is 2.31. The van der Waals surface area contributed by atoms with Crippen LogP contribution >= 0.6 is 11.6 Å². The first kappa shape index (κ1) is 20.0. The lowest BCUT2D eigenvalue weighted by molar-refractivity contribution is -0.123. The molecule has 0 bridgehead atoms. The van der Waals surface area contributed by atoms with Gasteiger partial charge in [0.2, 0.25) is 11.2 Å². The number of hydrogen-bond acceptors (Lipinski definition) is 4. The van der Waals surface area contributed by atoms with Gasteiger partial charge >= 0.3 is 0 Å². The third-order valence-corrected chi connectivity index (χ3v) is 4.42. The fourth-order valence-corrected chi connectivity index (χ4v) is 2.84. The summed E-state index contributed by atoms with van der Waals surface area (Å²) in [7, 11) is 0. The molecule has 2 aromatic carbocycles. The molecule has 3 aromatic rings. The number of carbonyl (C=O) groups is 1. The molecular weight excluding hydrogens is 378 g/mol. The second-order valence-electron chi connectivity index (χ2n) is 7.08. The van der Waals surface area contributed by atoms with Crippen molar-refractivity contribution in [3.8, 4) is 17.1 Å². The van der Waals surface area contributed by atoms with Crippen LogP contribution in [0.15, 0.2) is 51.7 Å². The Balaban J connectivity index is 2.03. The average molecular weight is 400 g/mol. The van der Waals surface area contributed by atoms with Crippen LogP contribution in [0, 0.1) is 12.8 Å². The van der Waals surface area contributed by atoms with Crippen molar-refractivity contribution in [1.29, 1.82) is 0 Å². The van der Waals surface area contributed by atoms with Crippen molar-refractivity contribution in [3.63, 3.8) is 0 Å². The Morgan fingerprint density at radius 2 is 1.89 bits per heavy atom. The second-order valence-corrected chi connectivity index (χ2v) is 7.52. The third-order valence-electron chi connectivity index (χ3n) is 4.17. The van der Waals surface area contributed by atoms with Crippen molar-refractivity contribution < 1.29 is 13.9 Å². The van der Waals surface area contributed by atoms with E-state index in [9.17, 15) is 9.59 Å². The minimum Gasteiger partial charge on any atom is -0.476 e. The van der Waals surface area contributed by atoms with E-state index in [0.717, 1.165) is 5.56 Å². The van der Waals surface area contributed by atoms with Gasteiger partial charge in [-0.3, -0.25) is 9.59 Å². The molecule has 0 aliphatic carbocycles. The van der Waals surface area contributed by atoms with Gasteiger partial charge in [0.15, 0.2) is 12.4 Å². The van der Waals surface area contributed by atoms with Gasteiger partial charge in [0.1, 0.15) is 5.58 Å². The summed E-state index contributed by atoms with van der Waals surface area (Å²) in [5, 5.41) is 3.74. The largest absolute Gasteiger partial charge is 0.476 e. The summed E-state index contributed by atoms with van der Waals surface area (Å²) < 4.78 is 11.6. The zero-order valence-electron chi connectivity index (χ0n) is 16.0. The highest BCUT2D eigenvalue weighted by Gasteiger charge is 2.19. The van der Waals surface area contributed by atoms with Crippen LogP contribution in [0.25, 0.3) is 22.3 Å². The van der Waals surface area contributed by atoms with E-state index in [1.807, 2.05) is 26.8 Å². The molecule has 0 spiro atoms. The highest BCUT2D eigenvalue weighted by atomic mass is 35.5. The molecule has 0 radical (unpaired) electrons. The van der Waals surface area contributed by atoms with Gasteiger partial charge in [-0.1, -0.05) is 31.5 Å². The molecule has 6 heteroatoms. The van der Waals surface area contributed by atoms with Crippen molar-refractivity contribution in [3.05, 3.63) is 63.3 Å². The van der Waals surface area contributed by atoms with Crippen LogP contribution in [-0.4, -0.2) is 19.1 Å². The summed E-state index contributed by atoms with van der Waals surface area (Å²) in [5.41, 5.74) is 1.76. The normalized spacial score (nSPS) is 11.0. The summed E-state index contributed by atoms with van der Waals surface area (Å²) in [5.74, 6) is 0.316. The Kier molecular flexibility index (Phi) is 6.05. The predicted molar refractivity (Wildman–Crippen MR) is 111 cm³/mol. The van der Waals surface area contributed by atoms with Gasteiger partial charge in [-0.15, -0.1) is 0 Å². The molecule has 0 fully saturated rings. The number of ether oxygens (including phenoxy) is 1. The fraction of sp³-hybridized carbons (Fsp3) is 0.273. The number of benzene rings is 2. The highest BCUT2D eigenvalue weighted by molar-refractivity contribution is 6.30. The monoisotopic (exact) mass is 399 g/mol. The number of nitrogens with one attached hydrogen (secondary N) is 1. The van der Waals surface area contributed by atoms with Gasteiger partial charge in [-0.05, 0) is 54.8 Å². The maximum absolute atomic E-state index is 13.0. The number of fused-ring (bicyclic) bond motifs is 1. The standard InChI is InChI=1S/C22H22ClNO4/c1-13(2)11-24-19(25)12-27-22-20(26)17-9-4-14(3)10-18(17)28-21(22)15-5-7-16(23)8-6-15/h4-10,13H,11-12H2,1-3H3,(H,24,25). The van der Waals surface area contributed by atoms with E-state index in [2.05, 4.69) is 5.32 Å². The van der Waals surface area contributed by atoms with E-state index >= 15 is 0 Å². The van der Waals surface area contributed by atoms with Crippen LogP contribution in [-0.2, 0) is 4.79 Å². The number of carbonyl (C=O) groups excluding carboxylic acids is 1. The average Bonchev–Trinajstić information content (AvgIpc) is 2.66. The summed E-state index contributed by atoms with van der Waals surface area (Å²) in [4.78, 5) is 25.1. The van der Waals surface area contributed by atoms with Crippen LogP contribution in [0.4, 0.5) is 0 Å². The zero-order valence-corrected chi connectivity index (χ0v) is 16.8. The molecule has 0 unspecified atom stereocenters. The number of amides is 1. The van der Waals surface area contributed by atoms with E-state index in [1.54, 1.807) is 36.4 Å². The minimum absolute atomic E-state index is 0.0124. The topological polar surface area (TPSA) is 68.5 Å². The molecule has 28 heavy (non-hydrogen) atoms. The first-order valence-corrected chi connectivity index (χ1v) is 9.46. The molecule has 1 amide bonds. The molecule has 0 aliphatic heterocycles. The molecule has 0 aliphatic rings. The smallest absolute Gasteiger partial charge is 0.257 e. The Hall–Kier alpha value is -2.79. The summed E-state index contributed by atoms with van der Waals surface area (Å²) in [6.07, 6.45) is 0. The minimum atomic E-state index is -0.317. The summed E-state index contributed by atoms with van der Waals surface area (Å²) in [6.45, 7) is 6.19. The lowest BCUT2D eigenvalue weighted by Crippen LogP contribution is -2.32. The van der Waals surface area contributed by atoms with Crippen molar-refractivity contribution in [2.24, 2.45) is 5.92 Å². The quantitative estimate of drug-likeness (QED) is 0.659. The SMILES string of the molecule is Cc1ccc2c(=O)c(OCC(=O)NCC(C)C)c(-c3ccc(Cl)cc3)oc2c1. The van der Waals surface area contributed by atoms with E-state index < -0.39 is 0 Å². The Morgan fingerprint density at radius 3 is 2.57 bits per heavy atom. The van der Waals surface area contributed by atoms with Gasteiger partial charge in [0.25, 0.3) is 5.91 Å². The van der Waals surface area contributed by atoms with Gasteiger partial charge < -0.3 is 14.5 Å². The van der Waals surface area contributed by atoms with E-state index in [0.29, 0.717) is 34.0 Å². The van der Waals surface area contributed by atoms with E-state index in [1.165, 1.54) is 0 Å². The van der Waals surface area contributed by atoms with Crippen LogP contribution in [0.1, 0.15) is 19.4 Å². The molecule has 1 heterocycles. The van der Waals surface area contributed by atoms with Gasteiger partial charge in [0, 0.05) is 17.1 Å². The van der Waals surface area contributed by atoms with Crippen LogP contribution in [0.2, 0.25) is 5.02 Å². The number of aryl methyl sites for hydroxylation is 1. The van der Waals surface area contributed by atoms with E-state index in [4.69, 9.17) is 20.8 Å². The van der Waals surface area contributed by atoms with Crippen LogP contribution in [0.3, 0.4) is 0 Å². The Morgan fingerprint density at radius 1 is 1.18 bits per heavy atom. The van der Waals surface area contributed by atoms with Crippen molar-refractivity contribution in [1.82, 2.24) is 5.32 Å². The third kappa shape index (κ3) is 4.54. The zero-order chi connectivity index (χ0) is 20.3. The fourth-order valence-electron chi connectivity index (χ4n) is 2.71. The predicted octanol–water partition coefficient (Wildman–Crippen LogP) is 4.57. The lowest BCUT2D eigenvalue weighted by Gasteiger charge is -2.13. The number of halogens is 1. The van der Waals surface area contributed by atoms with Gasteiger partial charge in [-0.2, -0.15) is 0 Å². The van der Waals surface area contributed by atoms with Crippen molar-refractivity contribution in [2.75, 3.05) is 13.2 Å². The molecule has 3 rings (SSSR count). The lowest BCUT2D eigenvalue weighted by atomic mass is 10.1. The number of rotatable bonds is 6. The maximum Gasteiger partial charge on any atom is 0.257 e. The van der Waals surface area contributed by atoms with Crippen LogP contribution in [0.5, 0.6) is 5.75 Å². The molecular formula is C22H22ClNO4. The Labute approximate surface area is 168 Å². The molecule has 0 saturated heterocycles. The molecule has 0 atom stereocenters. The van der Waals surface area contributed by atoms with Crippen LogP contribution < -0.4 is 15.5 Å². The maximum atomic E-state index is 13.0. The summed E-state index contributed by atoms with van der Waals surface area (Å²) >= 11 is 5.97. The van der Waals surface area contributed by atoms with Crippen molar-refractivity contribution >= 4 is 28.5 Å². The first-order valence-electron chi connectivity index (χ1n) is 9.08. The molecule has 1 aromatic heterocycles. The molecule has 146 valence electrons. The molecule has 5 nitrogen and oxygen atoms in total.